The fraction of sp³-hybridized carbons (Fsp3) is 0.593. The molecule has 7 nitrogen and oxygen atoms in total. The van der Waals surface area contributed by atoms with Gasteiger partial charge in [-0.05, 0) is 56.4 Å². The van der Waals surface area contributed by atoms with Gasteiger partial charge in [0.15, 0.2) is 0 Å². The second-order valence-electron chi connectivity index (χ2n) is 11.4. The minimum absolute atomic E-state index is 0.101. The Kier molecular flexibility index (Phi) is 4.20. The van der Waals surface area contributed by atoms with Crippen LogP contribution in [0, 0.1) is 11.3 Å². The molecule has 1 saturated heterocycles. The van der Waals surface area contributed by atoms with Gasteiger partial charge in [0.05, 0.1) is 18.8 Å². The molecule has 1 aromatic carbocycles. The minimum atomic E-state index is -1.24. The van der Waals surface area contributed by atoms with Crippen molar-refractivity contribution in [3.8, 4) is 22.8 Å². The van der Waals surface area contributed by atoms with Crippen molar-refractivity contribution < 1.29 is 28.8 Å². The quantitative estimate of drug-likeness (QED) is 0.651. The monoisotopic (exact) mass is 468 g/mol. The van der Waals surface area contributed by atoms with E-state index in [1.54, 1.807) is 13.2 Å². The van der Waals surface area contributed by atoms with Gasteiger partial charge >= 0.3 is 5.63 Å². The molecule has 2 N–H and O–H groups in total. The standard InChI is InChI=1S/C27H32O7/c1-15-12-21(28)23(2,3)25(30)11-10-24(4)26(27(15,25)34-26)14-18-20(33-24)13-19(32-22(18)29)16-6-8-17(31-5)9-7-16/h6-9,13,15,21,28,30H,10-12,14H2,1-5H3/t15-,21-,24-,25-,26-,27+/m1/s1. The smallest absolute Gasteiger partial charge is 0.343 e. The summed E-state index contributed by atoms with van der Waals surface area (Å²) >= 11 is 0. The van der Waals surface area contributed by atoms with Crippen LogP contribution in [-0.2, 0) is 11.2 Å². The molecule has 2 saturated carbocycles. The molecule has 2 aliphatic heterocycles. The number of epoxide rings is 1. The van der Waals surface area contributed by atoms with Crippen molar-refractivity contribution in [2.45, 2.75) is 81.9 Å². The first-order chi connectivity index (χ1) is 15.9. The Labute approximate surface area is 198 Å². The molecule has 2 spiro atoms. The van der Waals surface area contributed by atoms with E-state index in [-0.39, 0.29) is 5.92 Å². The zero-order valence-electron chi connectivity index (χ0n) is 20.3. The molecule has 3 fully saturated rings. The summed E-state index contributed by atoms with van der Waals surface area (Å²) < 4.78 is 24.2. The van der Waals surface area contributed by atoms with E-state index >= 15 is 0 Å². The Bertz CT molecular complexity index is 1230. The predicted octanol–water partition coefficient (Wildman–Crippen LogP) is 3.47. The molecular formula is C27H32O7. The first-order valence-electron chi connectivity index (χ1n) is 12.1. The van der Waals surface area contributed by atoms with Crippen molar-refractivity contribution in [1.82, 2.24) is 0 Å². The van der Waals surface area contributed by atoms with E-state index < -0.39 is 39.5 Å². The van der Waals surface area contributed by atoms with E-state index in [9.17, 15) is 15.0 Å². The SMILES string of the molecule is COc1ccc(-c2cc3c(c(=O)o2)C[C@]24O[C@]25[C@H](C)C[C@@H](O)C(C)(C)[C@]5(O)CC[C@@]4(C)O3)cc1. The fourth-order valence-electron chi connectivity index (χ4n) is 7.38. The molecule has 0 unspecified atom stereocenters. The first-order valence-corrected chi connectivity index (χ1v) is 12.1. The zero-order chi connectivity index (χ0) is 24.3. The second-order valence-corrected chi connectivity index (χ2v) is 11.4. The molecule has 2 aliphatic carbocycles. The van der Waals surface area contributed by atoms with Gasteiger partial charge in [-0.3, -0.25) is 0 Å². The van der Waals surface area contributed by atoms with E-state index in [1.165, 1.54) is 0 Å². The molecule has 0 bridgehead atoms. The van der Waals surface area contributed by atoms with Gasteiger partial charge < -0.3 is 28.8 Å². The first kappa shape index (κ1) is 22.1. The third-order valence-corrected chi connectivity index (χ3v) is 9.64. The highest BCUT2D eigenvalue weighted by Crippen LogP contribution is 2.76. The predicted molar refractivity (Wildman–Crippen MR) is 124 cm³/mol. The topological polar surface area (TPSA) is 102 Å². The van der Waals surface area contributed by atoms with Gasteiger partial charge in [0.25, 0.3) is 0 Å². The fourth-order valence-corrected chi connectivity index (χ4v) is 7.38. The van der Waals surface area contributed by atoms with Gasteiger partial charge in [0, 0.05) is 23.5 Å². The maximum absolute atomic E-state index is 13.2. The molecule has 4 aliphatic rings. The Morgan fingerprint density at radius 3 is 2.50 bits per heavy atom. The summed E-state index contributed by atoms with van der Waals surface area (Å²) in [5, 5.41) is 23.0. The Balaban J connectivity index is 1.45. The second kappa shape index (κ2) is 6.45. The van der Waals surface area contributed by atoms with E-state index in [4.69, 9.17) is 18.6 Å². The Morgan fingerprint density at radius 1 is 1.12 bits per heavy atom. The van der Waals surface area contributed by atoms with Crippen LogP contribution in [0.1, 0.15) is 52.5 Å². The maximum atomic E-state index is 13.2. The van der Waals surface area contributed by atoms with Crippen LogP contribution in [0.25, 0.3) is 11.3 Å². The zero-order valence-corrected chi connectivity index (χ0v) is 20.3. The highest BCUT2D eigenvalue weighted by atomic mass is 16.7. The highest BCUT2D eigenvalue weighted by molar-refractivity contribution is 5.61. The van der Waals surface area contributed by atoms with Crippen LogP contribution >= 0.6 is 0 Å². The van der Waals surface area contributed by atoms with Crippen molar-refractivity contribution in [2.24, 2.45) is 11.3 Å². The summed E-state index contributed by atoms with van der Waals surface area (Å²) in [6.45, 7) is 7.87. The molecule has 2 aromatic rings. The van der Waals surface area contributed by atoms with Crippen molar-refractivity contribution in [3.05, 3.63) is 46.3 Å². The Morgan fingerprint density at radius 2 is 1.82 bits per heavy atom. The van der Waals surface area contributed by atoms with Crippen LogP contribution in [0.15, 0.2) is 39.5 Å². The van der Waals surface area contributed by atoms with E-state index in [0.29, 0.717) is 42.8 Å². The summed E-state index contributed by atoms with van der Waals surface area (Å²) in [7, 11) is 1.60. The average molecular weight is 469 g/mol. The molecule has 0 radical (unpaired) electrons. The summed E-state index contributed by atoms with van der Waals surface area (Å²) in [5.74, 6) is 1.56. The molecule has 34 heavy (non-hydrogen) atoms. The lowest BCUT2D eigenvalue weighted by molar-refractivity contribution is -0.230. The summed E-state index contributed by atoms with van der Waals surface area (Å²) in [4.78, 5) is 13.2. The van der Waals surface area contributed by atoms with Crippen LogP contribution in [0.5, 0.6) is 11.5 Å². The number of hydrogen-bond donors (Lipinski definition) is 2. The highest BCUT2D eigenvalue weighted by Gasteiger charge is 2.92. The number of rotatable bonds is 2. The minimum Gasteiger partial charge on any atom is -0.497 e. The maximum Gasteiger partial charge on any atom is 0.343 e. The number of methoxy groups -OCH3 is 1. The summed E-state index contributed by atoms with van der Waals surface area (Å²) in [6.07, 6.45) is 1.18. The number of ether oxygens (including phenoxy) is 3. The summed E-state index contributed by atoms with van der Waals surface area (Å²) in [6, 6.07) is 9.09. The van der Waals surface area contributed by atoms with Gasteiger partial charge in [0.2, 0.25) is 0 Å². The molecule has 0 amide bonds. The number of fused-ring (bicyclic) bond motifs is 1. The van der Waals surface area contributed by atoms with Gasteiger partial charge in [-0.15, -0.1) is 0 Å². The van der Waals surface area contributed by atoms with E-state index in [0.717, 1.165) is 11.3 Å². The van der Waals surface area contributed by atoms with Gasteiger partial charge in [-0.2, -0.15) is 0 Å². The van der Waals surface area contributed by atoms with Crippen LogP contribution in [-0.4, -0.2) is 45.8 Å². The van der Waals surface area contributed by atoms with Crippen LogP contribution in [0.3, 0.4) is 0 Å². The van der Waals surface area contributed by atoms with Gasteiger partial charge in [0.1, 0.15) is 39.7 Å². The van der Waals surface area contributed by atoms with Crippen molar-refractivity contribution in [1.29, 1.82) is 0 Å². The normalized spacial score (nSPS) is 41.3. The van der Waals surface area contributed by atoms with Crippen LogP contribution < -0.4 is 15.1 Å². The van der Waals surface area contributed by atoms with Crippen LogP contribution in [0.2, 0.25) is 0 Å². The molecule has 182 valence electrons. The van der Waals surface area contributed by atoms with Gasteiger partial charge in [-0.25, -0.2) is 4.79 Å². The third-order valence-electron chi connectivity index (χ3n) is 9.64. The number of aliphatic hydroxyl groups is 2. The van der Waals surface area contributed by atoms with Crippen LogP contribution in [0.4, 0.5) is 0 Å². The molecule has 6 rings (SSSR count). The average Bonchev–Trinajstić information content (AvgIpc) is 3.50. The number of hydrogen-bond acceptors (Lipinski definition) is 7. The number of aliphatic hydroxyl groups excluding tert-OH is 1. The summed E-state index contributed by atoms with van der Waals surface area (Å²) in [5.41, 5.74) is -3.72. The molecule has 7 heteroatoms. The van der Waals surface area contributed by atoms with E-state index in [1.807, 2.05) is 52.0 Å². The molecule has 3 heterocycles. The lowest BCUT2D eigenvalue weighted by Crippen LogP contribution is -2.75. The van der Waals surface area contributed by atoms with Gasteiger partial charge in [-0.1, -0.05) is 20.8 Å². The van der Waals surface area contributed by atoms with Crippen molar-refractivity contribution >= 4 is 0 Å². The van der Waals surface area contributed by atoms with E-state index in [2.05, 4.69) is 0 Å². The third kappa shape index (κ3) is 2.31. The van der Waals surface area contributed by atoms with Crippen molar-refractivity contribution in [2.75, 3.05) is 7.11 Å². The van der Waals surface area contributed by atoms with Crippen molar-refractivity contribution in [3.63, 3.8) is 0 Å². The molecular weight excluding hydrogens is 436 g/mol. The lowest BCUT2D eigenvalue weighted by atomic mass is 9.45. The molecule has 6 atom stereocenters. The number of benzene rings is 1. The largest absolute Gasteiger partial charge is 0.497 e. The lowest BCUT2D eigenvalue weighted by Gasteiger charge is -2.61. The Hall–Kier alpha value is -2.35. The molecule has 1 aromatic heterocycles.